The van der Waals surface area contributed by atoms with Crippen LogP contribution in [-0.2, 0) is 13.6 Å². The van der Waals surface area contributed by atoms with Gasteiger partial charge in [-0.1, -0.05) is 13.8 Å². The highest BCUT2D eigenvalue weighted by Crippen LogP contribution is 2.07. The number of Topliss-reactive ketones (excluding diaryl/α,β-unsaturated/α-hetero) is 1. The second-order valence-corrected chi connectivity index (χ2v) is 5.07. The molecule has 0 aliphatic heterocycles. The van der Waals surface area contributed by atoms with E-state index in [1.165, 1.54) is 11.6 Å². The van der Waals surface area contributed by atoms with E-state index in [2.05, 4.69) is 0 Å². The van der Waals surface area contributed by atoms with Crippen LogP contribution >= 0.6 is 0 Å². The molecule has 0 saturated carbocycles. The Labute approximate surface area is 128 Å². The van der Waals surface area contributed by atoms with Gasteiger partial charge in [-0.3, -0.25) is 23.6 Å². The largest absolute Gasteiger partial charge is 0.395 e. The Bertz CT molecular complexity index is 647. The Morgan fingerprint density at radius 1 is 1.32 bits per heavy atom. The van der Waals surface area contributed by atoms with E-state index in [4.69, 9.17) is 10.8 Å². The van der Waals surface area contributed by atoms with Gasteiger partial charge in [0.1, 0.15) is 11.4 Å². The van der Waals surface area contributed by atoms with Crippen LogP contribution in [0, 0.1) is 0 Å². The molecule has 0 atom stereocenters. The minimum absolute atomic E-state index is 0.0270. The normalized spacial score (nSPS) is 11.1. The molecule has 0 bridgehead atoms. The van der Waals surface area contributed by atoms with E-state index in [0.717, 1.165) is 4.57 Å². The van der Waals surface area contributed by atoms with Gasteiger partial charge in [-0.25, -0.2) is 4.79 Å². The molecule has 0 unspecified atom stereocenters. The van der Waals surface area contributed by atoms with Crippen molar-refractivity contribution in [3.8, 4) is 0 Å². The first kappa shape index (κ1) is 18.1. The number of nitrogens with zero attached hydrogens (tertiary/aromatic N) is 3. The van der Waals surface area contributed by atoms with E-state index >= 15 is 0 Å². The molecular weight excluding hydrogens is 288 g/mol. The molecule has 1 aromatic heterocycles. The van der Waals surface area contributed by atoms with Gasteiger partial charge in [0.25, 0.3) is 5.56 Å². The van der Waals surface area contributed by atoms with Crippen LogP contribution in [0.4, 0.5) is 5.82 Å². The van der Waals surface area contributed by atoms with Gasteiger partial charge in [-0.2, -0.15) is 0 Å². The van der Waals surface area contributed by atoms with Gasteiger partial charge in [0.2, 0.25) is 0 Å². The van der Waals surface area contributed by atoms with Gasteiger partial charge in [0.15, 0.2) is 5.78 Å². The van der Waals surface area contributed by atoms with Gasteiger partial charge < -0.3 is 10.8 Å². The van der Waals surface area contributed by atoms with E-state index < -0.39 is 17.0 Å². The fraction of sp³-hybridized carbons (Fsp3) is 0.643. The van der Waals surface area contributed by atoms with Crippen molar-refractivity contribution in [2.24, 2.45) is 7.05 Å². The number of aliphatic hydroxyl groups excluding tert-OH is 1. The van der Waals surface area contributed by atoms with Crippen LogP contribution in [0.25, 0.3) is 0 Å². The van der Waals surface area contributed by atoms with E-state index in [0.29, 0.717) is 26.1 Å². The van der Waals surface area contributed by atoms with Crippen molar-refractivity contribution in [2.45, 2.75) is 26.8 Å². The monoisotopic (exact) mass is 312 g/mol. The zero-order chi connectivity index (χ0) is 16.9. The lowest BCUT2D eigenvalue weighted by Crippen LogP contribution is -2.44. The molecule has 0 aromatic carbocycles. The molecule has 8 nitrogen and oxygen atoms in total. The van der Waals surface area contributed by atoms with Gasteiger partial charge in [-0.15, -0.1) is 0 Å². The number of hydrogen-bond donors (Lipinski definition) is 2. The molecule has 124 valence electrons. The summed E-state index contributed by atoms with van der Waals surface area (Å²) in [4.78, 5) is 38.4. The number of aromatic nitrogens is 2. The molecule has 22 heavy (non-hydrogen) atoms. The zero-order valence-corrected chi connectivity index (χ0v) is 13.3. The second-order valence-electron chi connectivity index (χ2n) is 5.07. The Morgan fingerprint density at radius 2 is 1.95 bits per heavy atom. The van der Waals surface area contributed by atoms with Crippen molar-refractivity contribution >= 4 is 11.6 Å². The topological polar surface area (TPSA) is 111 Å². The maximum absolute atomic E-state index is 12.4. The van der Waals surface area contributed by atoms with Crippen LogP contribution in [0.1, 0.15) is 30.6 Å². The molecular formula is C14H24N4O4. The number of anilines is 1. The molecule has 1 rings (SSSR count). The number of hydrogen-bond acceptors (Lipinski definition) is 6. The van der Waals surface area contributed by atoms with E-state index in [1.807, 2.05) is 13.8 Å². The van der Waals surface area contributed by atoms with Crippen molar-refractivity contribution in [2.75, 3.05) is 32.0 Å². The molecule has 0 aliphatic rings. The molecule has 0 saturated heterocycles. The van der Waals surface area contributed by atoms with E-state index in [1.54, 1.807) is 4.90 Å². The minimum Gasteiger partial charge on any atom is -0.395 e. The predicted octanol–water partition coefficient (Wildman–Crippen LogP) is -0.964. The van der Waals surface area contributed by atoms with Crippen molar-refractivity contribution < 1.29 is 9.90 Å². The van der Waals surface area contributed by atoms with Crippen molar-refractivity contribution in [3.05, 3.63) is 26.4 Å². The lowest BCUT2D eigenvalue weighted by atomic mass is 10.1. The summed E-state index contributed by atoms with van der Waals surface area (Å²) in [5, 5.41) is 8.97. The number of aliphatic hydroxyl groups is 1. The Hall–Kier alpha value is -1.93. The Balaban J connectivity index is 3.32. The second kappa shape index (κ2) is 7.90. The van der Waals surface area contributed by atoms with Crippen LogP contribution in [-0.4, -0.2) is 51.2 Å². The Morgan fingerprint density at radius 3 is 2.45 bits per heavy atom. The summed E-state index contributed by atoms with van der Waals surface area (Å²) in [5.74, 6) is -0.529. The van der Waals surface area contributed by atoms with Crippen molar-refractivity contribution in [1.82, 2.24) is 14.0 Å². The summed E-state index contributed by atoms with van der Waals surface area (Å²) in [6.45, 7) is 4.84. The summed E-state index contributed by atoms with van der Waals surface area (Å²) in [7, 11) is 1.33. The maximum atomic E-state index is 12.4. The molecule has 0 radical (unpaired) electrons. The molecule has 0 aliphatic carbocycles. The molecule has 0 amide bonds. The average Bonchev–Trinajstić information content (AvgIpc) is 2.49. The van der Waals surface area contributed by atoms with E-state index in [9.17, 15) is 14.4 Å². The zero-order valence-electron chi connectivity index (χ0n) is 13.3. The highest BCUT2D eigenvalue weighted by atomic mass is 16.3. The number of rotatable bonds is 8. The fourth-order valence-corrected chi connectivity index (χ4v) is 2.26. The van der Waals surface area contributed by atoms with Crippen molar-refractivity contribution in [3.63, 3.8) is 0 Å². The molecule has 1 aromatic rings. The summed E-state index contributed by atoms with van der Waals surface area (Å²) >= 11 is 0. The molecule has 8 heteroatoms. The summed E-state index contributed by atoms with van der Waals surface area (Å²) in [5.41, 5.74) is 4.53. The fourth-order valence-electron chi connectivity index (χ4n) is 2.26. The number of nitrogens with two attached hydrogens (primary N) is 1. The predicted molar refractivity (Wildman–Crippen MR) is 84.2 cm³/mol. The Kier molecular flexibility index (Phi) is 6.51. The first-order valence-corrected chi connectivity index (χ1v) is 7.34. The number of nitrogen functional groups attached to an aromatic ring is 1. The SMILES string of the molecule is CCCn1c(N)c(C(=O)CN(CC)CCO)c(=O)n(C)c1=O. The first-order chi connectivity index (χ1) is 10.4. The van der Waals surface area contributed by atoms with Gasteiger partial charge in [-0.05, 0) is 13.0 Å². The highest BCUT2D eigenvalue weighted by Gasteiger charge is 2.22. The first-order valence-electron chi connectivity index (χ1n) is 7.34. The third-order valence-electron chi connectivity index (χ3n) is 3.54. The molecule has 0 spiro atoms. The van der Waals surface area contributed by atoms with Crippen molar-refractivity contribution in [1.29, 1.82) is 0 Å². The lowest BCUT2D eigenvalue weighted by Gasteiger charge is -2.19. The molecule has 0 fully saturated rings. The third kappa shape index (κ3) is 3.63. The number of likely N-dealkylation sites (N-methyl/N-ethyl adjacent to an activating group) is 1. The minimum atomic E-state index is -0.681. The van der Waals surface area contributed by atoms with E-state index in [-0.39, 0.29) is 24.5 Å². The highest BCUT2D eigenvalue weighted by molar-refractivity contribution is 6.01. The van der Waals surface area contributed by atoms with Crippen LogP contribution in [0.15, 0.2) is 9.59 Å². The third-order valence-corrected chi connectivity index (χ3v) is 3.54. The van der Waals surface area contributed by atoms with Crippen LogP contribution in [0.2, 0.25) is 0 Å². The number of carbonyl (C=O) groups excluding carboxylic acids is 1. The standard InChI is InChI=1S/C14H24N4O4/c1-4-6-18-12(15)11(13(21)16(3)14(18)22)10(20)9-17(5-2)7-8-19/h19H,4-9,15H2,1-3H3. The quantitative estimate of drug-likeness (QED) is 0.598. The van der Waals surface area contributed by atoms with Crippen LogP contribution in [0.3, 0.4) is 0 Å². The summed E-state index contributed by atoms with van der Waals surface area (Å²) in [6.07, 6.45) is 0.654. The van der Waals surface area contributed by atoms with Gasteiger partial charge >= 0.3 is 5.69 Å². The maximum Gasteiger partial charge on any atom is 0.332 e. The van der Waals surface area contributed by atoms with Crippen LogP contribution < -0.4 is 17.0 Å². The lowest BCUT2D eigenvalue weighted by molar-refractivity contribution is 0.0917. The number of carbonyl (C=O) groups is 1. The van der Waals surface area contributed by atoms with Gasteiger partial charge in [0, 0.05) is 20.1 Å². The van der Waals surface area contributed by atoms with Gasteiger partial charge in [0.05, 0.1) is 13.2 Å². The molecule has 1 heterocycles. The number of ketones is 1. The summed E-state index contributed by atoms with van der Waals surface area (Å²) < 4.78 is 2.15. The smallest absolute Gasteiger partial charge is 0.332 e. The molecule has 3 N–H and O–H groups in total. The average molecular weight is 312 g/mol. The van der Waals surface area contributed by atoms with Crippen LogP contribution in [0.5, 0.6) is 0 Å². The summed E-state index contributed by atoms with van der Waals surface area (Å²) in [6, 6.07) is 0.